The van der Waals surface area contributed by atoms with Crippen LogP contribution in [0.15, 0.2) is 36.5 Å². The summed E-state index contributed by atoms with van der Waals surface area (Å²) in [4.78, 5) is 28.6. The van der Waals surface area contributed by atoms with Gasteiger partial charge in [-0.25, -0.2) is 0 Å². The lowest BCUT2D eigenvalue weighted by molar-refractivity contribution is -0.115. The molecular weight excluding hydrogens is 386 g/mol. The van der Waals surface area contributed by atoms with Gasteiger partial charge in [-0.1, -0.05) is 11.6 Å². The highest BCUT2D eigenvalue weighted by molar-refractivity contribution is 6.30. The number of aromatic hydroxyl groups is 1. The van der Waals surface area contributed by atoms with E-state index < -0.39 is 17.4 Å². The predicted octanol–water partition coefficient (Wildman–Crippen LogP) is 1.75. The first kappa shape index (κ1) is 21.6. The molecule has 0 saturated carbocycles. The molecule has 0 aliphatic carbocycles. The molecule has 2 aromatic rings. The largest absolute Gasteiger partial charge is 0.508 e. The number of hydrogen-bond acceptors (Lipinski definition) is 6. The maximum Gasteiger partial charge on any atom is 0.270 e. The number of methoxy groups -OCH3 is 1. The summed E-state index contributed by atoms with van der Waals surface area (Å²) in [5.74, 6) is -0.942. The summed E-state index contributed by atoms with van der Waals surface area (Å²) in [5, 5.41) is 25.0. The fourth-order valence-electron chi connectivity index (χ4n) is 2.48. The number of phenolic OH excluding ortho intramolecular Hbond substituents is 1. The molecule has 1 unspecified atom stereocenters. The highest BCUT2D eigenvalue weighted by Gasteiger charge is 2.26. The van der Waals surface area contributed by atoms with Crippen molar-refractivity contribution in [2.45, 2.75) is 18.9 Å². The van der Waals surface area contributed by atoms with Gasteiger partial charge < -0.3 is 25.6 Å². The van der Waals surface area contributed by atoms with Crippen molar-refractivity contribution < 1.29 is 24.5 Å². The molecule has 0 aliphatic heterocycles. The molecule has 0 radical (unpaired) electrons. The van der Waals surface area contributed by atoms with E-state index >= 15 is 0 Å². The Morgan fingerprint density at radius 1 is 1.29 bits per heavy atom. The summed E-state index contributed by atoms with van der Waals surface area (Å²) >= 11 is 5.88. The Balaban J connectivity index is 2.07. The molecule has 150 valence electrons. The smallest absolute Gasteiger partial charge is 0.270 e. The van der Waals surface area contributed by atoms with E-state index in [9.17, 15) is 19.8 Å². The number of amides is 2. The van der Waals surface area contributed by atoms with E-state index in [2.05, 4.69) is 15.6 Å². The van der Waals surface area contributed by atoms with Crippen LogP contribution in [0.25, 0.3) is 0 Å². The van der Waals surface area contributed by atoms with Gasteiger partial charge >= 0.3 is 0 Å². The van der Waals surface area contributed by atoms with Crippen LogP contribution in [-0.4, -0.2) is 52.9 Å². The van der Waals surface area contributed by atoms with Gasteiger partial charge in [0.25, 0.3) is 5.91 Å². The lowest BCUT2D eigenvalue weighted by Gasteiger charge is -2.27. The van der Waals surface area contributed by atoms with Crippen molar-refractivity contribution in [3.8, 4) is 5.75 Å². The van der Waals surface area contributed by atoms with Crippen LogP contribution >= 0.6 is 11.6 Å². The number of rotatable bonds is 8. The van der Waals surface area contributed by atoms with Gasteiger partial charge in [-0.15, -0.1) is 0 Å². The number of carbonyl (C=O) groups excluding carboxylic acids is 2. The van der Waals surface area contributed by atoms with Crippen LogP contribution in [0.5, 0.6) is 5.75 Å². The average molecular weight is 408 g/mol. The van der Waals surface area contributed by atoms with Crippen molar-refractivity contribution in [2.75, 3.05) is 25.6 Å². The van der Waals surface area contributed by atoms with Crippen LogP contribution in [-0.2, 0) is 16.0 Å². The minimum atomic E-state index is -0.961. The standard InChI is InChI=1S/C19H22ClN3O5/c1-19(10-24,11-28-2)23-18(27)15-9-14(5-6-21-15)22-17(26)8-12-7-13(20)3-4-16(12)25/h3-7,9,24-25H,8,10-11H2,1-2H3,(H,23,27)(H,21,22,26). The molecule has 0 saturated heterocycles. The molecule has 9 heteroatoms. The second kappa shape index (κ2) is 9.50. The second-order valence-corrected chi connectivity index (χ2v) is 6.97. The quantitative estimate of drug-likeness (QED) is 0.529. The van der Waals surface area contributed by atoms with E-state index in [4.69, 9.17) is 16.3 Å². The van der Waals surface area contributed by atoms with Crippen LogP contribution in [0.3, 0.4) is 0 Å². The Hall–Kier alpha value is -2.68. The number of carbonyl (C=O) groups is 2. The number of hydrogen-bond donors (Lipinski definition) is 4. The molecule has 4 N–H and O–H groups in total. The predicted molar refractivity (Wildman–Crippen MR) is 105 cm³/mol. The Bertz CT molecular complexity index is 861. The van der Waals surface area contributed by atoms with Gasteiger partial charge in [0.2, 0.25) is 5.91 Å². The van der Waals surface area contributed by atoms with Gasteiger partial charge in [0.15, 0.2) is 0 Å². The minimum absolute atomic E-state index is 0.0317. The van der Waals surface area contributed by atoms with Gasteiger partial charge in [0, 0.05) is 29.6 Å². The molecular formula is C19H22ClN3O5. The zero-order chi connectivity index (χ0) is 20.7. The Morgan fingerprint density at radius 3 is 2.71 bits per heavy atom. The number of anilines is 1. The van der Waals surface area contributed by atoms with Crippen LogP contribution < -0.4 is 10.6 Å². The molecule has 1 atom stereocenters. The molecule has 8 nitrogen and oxygen atoms in total. The number of nitrogens with one attached hydrogen (secondary N) is 2. The summed E-state index contributed by atoms with van der Waals surface area (Å²) in [6.45, 7) is 1.44. The number of halogens is 1. The van der Waals surface area contributed by atoms with E-state index in [1.54, 1.807) is 6.92 Å². The third-order valence-electron chi connectivity index (χ3n) is 3.90. The van der Waals surface area contributed by atoms with E-state index in [1.165, 1.54) is 43.6 Å². The fourth-order valence-corrected chi connectivity index (χ4v) is 2.68. The lowest BCUT2D eigenvalue weighted by atomic mass is 10.1. The van der Waals surface area contributed by atoms with E-state index in [0.717, 1.165) is 0 Å². The Morgan fingerprint density at radius 2 is 2.04 bits per heavy atom. The summed E-state index contributed by atoms with van der Waals surface area (Å²) in [6, 6.07) is 7.39. The number of ether oxygens (including phenoxy) is 1. The zero-order valence-corrected chi connectivity index (χ0v) is 16.3. The lowest BCUT2D eigenvalue weighted by Crippen LogP contribution is -2.52. The van der Waals surface area contributed by atoms with Gasteiger partial charge in [0.05, 0.1) is 25.2 Å². The monoisotopic (exact) mass is 407 g/mol. The third-order valence-corrected chi connectivity index (χ3v) is 4.13. The Labute approximate surface area is 167 Å². The number of aliphatic hydroxyl groups excluding tert-OH is 1. The molecule has 2 amide bonds. The minimum Gasteiger partial charge on any atom is -0.508 e. The van der Waals surface area contributed by atoms with Crippen LogP contribution in [0.4, 0.5) is 5.69 Å². The van der Waals surface area contributed by atoms with Crippen molar-refractivity contribution in [1.29, 1.82) is 0 Å². The van der Waals surface area contributed by atoms with Gasteiger partial charge in [0.1, 0.15) is 11.4 Å². The summed E-state index contributed by atoms with van der Waals surface area (Å²) < 4.78 is 5.00. The molecule has 0 spiro atoms. The first-order valence-corrected chi connectivity index (χ1v) is 8.80. The van der Waals surface area contributed by atoms with E-state index in [0.29, 0.717) is 16.3 Å². The highest BCUT2D eigenvalue weighted by atomic mass is 35.5. The number of aliphatic hydroxyl groups is 1. The van der Waals surface area contributed by atoms with Crippen LogP contribution in [0, 0.1) is 0 Å². The second-order valence-electron chi connectivity index (χ2n) is 6.53. The number of pyridine rings is 1. The first-order valence-electron chi connectivity index (χ1n) is 8.42. The number of phenols is 1. The zero-order valence-electron chi connectivity index (χ0n) is 15.5. The normalized spacial score (nSPS) is 12.9. The SMILES string of the molecule is COCC(C)(CO)NC(=O)c1cc(NC(=O)Cc2cc(Cl)ccc2O)ccn1. The topological polar surface area (TPSA) is 121 Å². The van der Waals surface area contributed by atoms with Gasteiger partial charge in [-0.05, 0) is 37.3 Å². The van der Waals surface area contributed by atoms with Crippen molar-refractivity contribution in [2.24, 2.45) is 0 Å². The average Bonchev–Trinajstić information content (AvgIpc) is 2.65. The number of benzene rings is 1. The van der Waals surface area contributed by atoms with Crippen molar-refractivity contribution >= 4 is 29.1 Å². The molecule has 0 aliphatic rings. The fraction of sp³-hybridized carbons (Fsp3) is 0.316. The van der Waals surface area contributed by atoms with Gasteiger partial charge in [-0.3, -0.25) is 14.6 Å². The molecule has 28 heavy (non-hydrogen) atoms. The molecule has 1 heterocycles. The summed E-state index contributed by atoms with van der Waals surface area (Å²) in [7, 11) is 1.46. The van der Waals surface area contributed by atoms with E-state index in [1.807, 2.05) is 0 Å². The number of aromatic nitrogens is 1. The third kappa shape index (κ3) is 5.91. The maximum absolute atomic E-state index is 12.4. The highest BCUT2D eigenvalue weighted by Crippen LogP contribution is 2.22. The summed E-state index contributed by atoms with van der Waals surface area (Å²) in [5.41, 5.74) is -0.143. The molecule has 0 bridgehead atoms. The molecule has 1 aromatic heterocycles. The first-order chi connectivity index (χ1) is 13.3. The Kier molecular flexibility index (Phi) is 7.33. The molecule has 0 fully saturated rings. The van der Waals surface area contributed by atoms with Crippen LogP contribution in [0.2, 0.25) is 5.02 Å². The number of nitrogens with zero attached hydrogens (tertiary/aromatic N) is 1. The van der Waals surface area contributed by atoms with Crippen molar-refractivity contribution in [1.82, 2.24) is 10.3 Å². The summed E-state index contributed by atoms with van der Waals surface area (Å²) in [6.07, 6.45) is 1.29. The van der Waals surface area contributed by atoms with Crippen molar-refractivity contribution in [3.63, 3.8) is 0 Å². The van der Waals surface area contributed by atoms with E-state index in [-0.39, 0.29) is 31.1 Å². The maximum atomic E-state index is 12.4. The molecule has 1 aromatic carbocycles. The van der Waals surface area contributed by atoms with Gasteiger partial charge in [-0.2, -0.15) is 0 Å². The van der Waals surface area contributed by atoms with Crippen molar-refractivity contribution in [3.05, 3.63) is 52.8 Å². The molecule has 2 rings (SSSR count). The van der Waals surface area contributed by atoms with Crippen LogP contribution in [0.1, 0.15) is 23.0 Å².